The fourth-order valence-corrected chi connectivity index (χ4v) is 3.45. The minimum atomic E-state index is -0.667. The van der Waals surface area contributed by atoms with Crippen LogP contribution in [0.1, 0.15) is 93.7 Å². The number of hydrogen-bond acceptors (Lipinski definition) is 7. The highest BCUT2D eigenvalue weighted by molar-refractivity contribution is 5.69. The van der Waals surface area contributed by atoms with Gasteiger partial charge in [0.1, 0.15) is 16.8 Å². The first kappa shape index (κ1) is 33.0. The third-order valence-corrected chi connectivity index (χ3v) is 5.09. The van der Waals surface area contributed by atoms with Crippen LogP contribution in [0.15, 0.2) is 24.4 Å². The van der Waals surface area contributed by atoms with Gasteiger partial charge in [-0.1, -0.05) is 13.0 Å². The molecule has 1 aromatic heterocycles. The van der Waals surface area contributed by atoms with E-state index in [1.807, 2.05) is 45.9 Å². The molecule has 0 aromatic carbocycles. The van der Waals surface area contributed by atoms with Crippen molar-refractivity contribution in [2.24, 2.45) is 0 Å². The van der Waals surface area contributed by atoms with Gasteiger partial charge in [0.05, 0.1) is 0 Å². The Labute approximate surface area is 228 Å². The Balaban J connectivity index is 2.95. The Bertz CT molecular complexity index is 887. The lowest BCUT2D eigenvalue weighted by Gasteiger charge is -2.31. The zero-order valence-electron chi connectivity index (χ0n) is 24.8. The number of rotatable bonds is 10. The molecule has 1 heterocycles. The van der Waals surface area contributed by atoms with Crippen molar-refractivity contribution in [2.45, 2.75) is 111 Å². The molecule has 0 aliphatic heterocycles. The predicted octanol–water partition coefficient (Wildman–Crippen LogP) is 5.62. The van der Waals surface area contributed by atoms with Crippen molar-refractivity contribution < 1.29 is 28.6 Å². The molecule has 0 saturated heterocycles. The van der Waals surface area contributed by atoms with Gasteiger partial charge in [-0.3, -0.25) is 4.98 Å². The fourth-order valence-electron chi connectivity index (χ4n) is 3.45. The van der Waals surface area contributed by atoms with Gasteiger partial charge >= 0.3 is 18.3 Å². The molecule has 0 spiro atoms. The largest absolute Gasteiger partial charge is 0.444 e. The number of ether oxygens (including phenoxy) is 3. The highest BCUT2D eigenvalue weighted by Crippen LogP contribution is 2.21. The minimum Gasteiger partial charge on any atom is -0.444 e. The maximum atomic E-state index is 13.0. The number of hydrogen-bond donors (Lipinski definition) is 2. The van der Waals surface area contributed by atoms with Crippen molar-refractivity contribution in [3.05, 3.63) is 30.1 Å². The zero-order chi connectivity index (χ0) is 29.1. The number of aromatic nitrogens is 1. The molecule has 0 aliphatic rings. The van der Waals surface area contributed by atoms with E-state index in [1.165, 1.54) is 0 Å². The molecular weight excluding hydrogens is 488 g/mol. The first-order chi connectivity index (χ1) is 17.4. The highest BCUT2D eigenvalue weighted by atomic mass is 16.6. The Morgan fingerprint density at radius 1 is 0.868 bits per heavy atom. The SMILES string of the molecule is CC(c1ccccn1)C(CCN(CCCNC(=O)OC(C)(C)C)C(=O)OC(C)(C)C)NC(=O)OC(C)(C)C. The van der Waals surface area contributed by atoms with Crippen molar-refractivity contribution in [3.63, 3.8) is 0 Å². The summed E-state index contributed by atoms with van der Waals surface area (Å²) in [6.45, 7) is 19.2. The number of pyridine rings is 1. The fraction of sp³-hybridized carbons (Fsp3) is 0.714. The monoisotopic (exact) mass is 536 g/mol. The molecule has 216 valence electrons. The zero-order valence-corrected chi connectivity index (χ0v) is 24.8. The van der Waals surface area contributed by atoms with E-state index >= 15 is 0 Å². The van der Waals surface area contributed by atoms with Crippen LogP contribution in [0.2, 0.25) is 0 Å². The Kier molecular flexibility index (Phi) is 12.3. The number of nitrogens with zero attached hydrogens (tertiary/aromatic N) is 2. The van der Waals surface area contributed by atoms with Crippen LogP contribution in [0.4, 0.5) is 14.4 Å². The van der Waals surface area contributed by atoms with Crippen LogP contribution in [0, 0.1) is 0 Å². The van der Waals surface area contributed by atoms with Gasteiger partial charge < -0.3 is 29.7 Å². The Morgan fingerprint density at radius 3 is 1.97 bits per heavy atom. The molecule has 1 aromatic rings. The Hall–Kier alpha value is -3.04. The molecule has 38 heavy (non-hydrogen) atoms. The second-order valence-electron chi connectivity index (χ2n) is 12.3. The van der Waals surface area contributed by atoms with Crippen LogP contribution in [-0.4, -0.2) is 70.6 Å². The quantitative estimate of drug-likeness (QED) is 0.294. The van der Waals surface area contributed by atoms with Crippen LogP contribution >= 0.6 is 0 Å². The summed E-state index contributed by atoms with van der Waals surface area (Å²) in [6.07, 6.45) is 1.15. The standard InChI is InChI=1S/C28H48N4O6/c1-20(21-14-11-12-16-29-21)22(31-24(34)37-27(5,6)7)15-19-32(25(35)38-28(8,9)10)18-13-17-30-23(33)36-26(2,3)4/h11-12,14,16,20,22H,13,15,17-19H2,1-10H3,(H,30,33)(H,31,34). The van der Waals surface area contributed by atoms with E-state index in [4.69, 9.17) is 14.2 Å². The molecule has 10 nitrogen and oxygen atoms in total. The van der Waals surface area contributed by atoms with E-state index in [2.05, 4.69) is 15.6 Å². The van der Waals surface area contributed by atoms with Gasteiger partial charge in [-0.2, -0.15) is 0 Å². The summed E-state index contributed by atoms with van der Waals surface area (Å²) in [5.41, 5.74) is -1.09. The number of alkyl carbamates (subject to hydrolysis) is 2. The average Bonchev–Trinajstić information content (AvgIpc) is 2.74. The smallest absolute Gasteiger partial charge is 0.410 e. The van der Waals surface area contributed by atoms with Gasteiger partial charge in [-0.15, -0.1) is 0 Å². The summed E-state index contributed by atoms with van der Waals surface area (Å²) in [4.78, 5) is 43.6. The first-order valence-electron chi connectivity index (χ1n) is 13.2. The van der Waals surface area contributed by atoms with E-state index in [0.29, 0.717) is 32.5 Å². The van der Waals surface area contributed by atoms with E-state index in [0.717, 1.165) is 5.69 Å². The van der Waals surface area contributed by atoms with Crippen molar-refractivity contribution in [1.29, 1.82) is 0 Å². The molecule has 2 N–H and O–H groups in total. The average molecular weight is 537 g/mol. The number of nitrogens with one attached hydrogen (secondary N) is 2. The molecule has 1 rings (SSSR count). The lowest BCUT2D eigenvalue weighted by atomic mass is 9.94. The topological polar surface area (TPSA) is 119 Å². The summed E-state index contributed by atoms with van der Waals surface area (Å²) < 4.78 is 16.4. The van der Waals surface area contributed by atoms with Gasteiger partial charge in [0.2, 0.25) is 0 Å². The molecule has 3 amide bonds. The molecule has 0 fully saturated rings. The molecule has 2 atom stereocenters. The molecule has 0 bridgehead atoms. The summed E-state index contributed by atoms with van der Waals surface area (Å²) >= 11 is 0. The summed E-state index contributed by atoms with van der Waals surface area (Å²) in [5.74, 6) is -0.141. The van der Waals surface area contributed by atoms with Crippen molar-refractivity contribution in [2.75, 3.05) is 19.6 Å². The maximum absolute atomic E-state index is 13.0. The van der Waals surface area contributed by atoms with Crippen LogP contribution in [-0.2, 0) is 14.2 Å². The van der Waals surface area contributed by atoms with Gasteiger partial charge in [0.15, 0.2) is 0 Å². The highest BCUT2D eigenvalue weighted by Gasteiger charge is 2.28. The molecule has 0 radical (unpaired) electrons. The maximum Gasteiger partial charge on any atom is 0.410 e. The van der Waals surface area contributed by atoms with Crippen molar-refractivity contribution in [1.82, 2.24) is 20.5 Å². The van der Waals surface area contributed by atoms with E-state index in [9.17, 15) is 14.4 Å². The van der Waals surface area contributed by atoms with Crippen molar-refractivity contribution >= 4 is 18.3 Å². The van der Waals surface area contributed by atoms with Crippen LogP contribution in [0.5, 0.6) is 0 Å². The molecule has 2 unspecified atom stereocenters. The molecular formula is C28H48N4O6. The van der Waals surface area contributed by atoms with E-state index in [-0.39, 0.29) is 12.0 Å². The molecule has 10 heteroatoms. The summed E-state index contributed by atoms with van der Waals surface area (Å²) in [6, 6.07) is 5.28. The molecule has 0 saturated carbocycles. The lowest BCUT2D eigenvalue weighted by molar-refractivity contribution is 0.0238. The second kappa shape index (κ2) is 14.2. The third-order valence-electron chi connectivity index (χ3n) is 5.09. The Morgan fingerprint density at radius 2 is 1.45 bits per heavy atom. The van der Waals surface area contributed by atoms with E-state index in [1.54, 1.807) is 52.6 Å². The van der Waals surface area contributed by atoms with Crippen LogP contribution < -0.4 is 10.6 Å². The van der Waals surface area contributed by atoms with Gasteiger partial charge in [-0.05, 0) is 87.3 Å². The first-order valence-corrected chi connectivity index (χ1v) is 13.2. The minimum absolute atomic E-state index is 0.141. The van der Waals surface area contributed by atoms with E-state index < -0.39 is 35.1 Å². The summed E-state index contributed by atoms with van der Waals surface area (Å²) in [5, 5.41) is 5.68. The predicted molar refractivity (Wildman–Crippen MR) is 147 cm³/mol. The third kappa shape index (κ3) is 14.6. The van der Waals surface area contributed by atoms with Gasteiger partial charge in [0.25, 0.3) is 0 Å². The lowest BCUT2D eigenvalue weighted by Crippen LogP contribution is -2.45. The van der Waals surface area contributed by atoms with Crippen LogP contribution in [0.3, 0.4) is 0 Å². The van der Waals surface area contributed by atoms with Crippen LogP contribution in [0.25, 0.3) is 0 Å². The number of carbonyl (C=O) groups is 3. The van der Waals surface area contributed by atoms with Gasteiger partial charge in [-0.25, -0.2) is 14.4 Å². The van der Waals surface area contributed by atoms with Crippen molar-refractivity contribution in [3.8, 4) is 0 Å². The number of amides is 3. The number of carbonyl (C=O) groups excluding carboxylic acids is 3. The second-order valence-corrected chi connectivity index (χ2v) is 12.3. The summed E-state index contributed by atoms with van der Waals surface area (Å²) in [7, 11) is 0. The normalized spacial score (nSPS) is 13.6. The van der Waals surface area contributed by atoms with Gasteiger partial charge in [0, 0.05) is 43.5 Å². The molecule has 0 aliphatic carbocycles.